The highest BCUT2D eigenvalue weighted by Gasteiger charge is 2.16. The SMILES string of the molecule is CCNC(=O)c1ccc(-c2nc(Nc3ccc(N)c(C=N)c3)n(C)n2)c(F)c1. The molecule has 3 rings (SSSR count). The van der Waals surface area contributed by atoms with Gasteiger partial charge in [0.1, 0.15) is 5.82 Å². The lowest BCUT2D eigenvalue weighted by molar-refractivity contribution is 0.0955. The molecule has 0 unspecified atom stereocenters. The van der Waals surface area contributed by atoms with E-state index in [1.165, 1.54) is 22.9 Å². The van der Waals surface area contributed by atoms with Crippen LogP contribution in [0, 0.1) is 11.2 Å². The zero-order chi connectivity index (χ0) is 20.3. The van der Waals surface area contributed by atoms with Gasteiger partial charge in [-0.1, -0.05) is 0 Å². The highest BCUT2D eigenvalue weighted by Crippen LogP contribution is 2.24. The molecule has 1 aromatic heterocycles. The Bertz CT molecular complexity index is 1040. The molecule has 0 spiro atoms. The molecular formula is C19H20FN7O. The molecule has 2 aromatic carbocycles. The minimum atomic E-state index is -0.584. The zero-order valence-electron chi connectivity index (χ0n) is 15.5. The van der Waals surface area contributed by atoms with Crippen LogP contribution < -0.4 is 16.4 Å². The van der Waals surface area contributed by atoms with Gasteiger partial charge >= 0.3 is 0 Å². The molecule has 0 bridgehead atoms. The Labute approximate surface area is 161 Å². The van der Waals surface area contributed by atoms with Gasteiger partial charge in [-0.05, 0) is 43.3 Å². The van der Waals surface area contributed by atoms with Crippen molar-refractivity contribution in [2.45, 2.75) is 6.92 Å². The van der Waals surface area contributed by atoms with Gasteiger partial charge in [0, 0.05) is 42.3 Å². The van der Waals surface area contributed by atoms with E-state index in [1.807, 2.05) is 0 Å². The molecule has 0 aliphatic carbocycles. The predicted molar refractivity (Wildman–Crippen MR) is 106 cm³/mol. The van der Waals surface area contributed by atoms with Crippen molar-refractivity contribution in [2.75, 3.05) is 17.6 Å². The number of anilines is 3. The molecule has 9 heteroatoms. The van der Waals surface area contributed by atoms with E-state index in [0.29, 0.717) is 29.4 Å². The summed E-state index contributed by atoms with van der Waals surface area (Å²) in [5.74, 6) is -0.343. The molecule has 0 atom stereocenters. The Morgan fingerprint density at radius 1 is 1.32 bits per heavy atom. The van der Waals surface area contributed by atoms with Crippen LogP contribution in [0.5, 0.6) is 0 Å². The van der Waals surface area contributed by atoms with Crippen LogP contribution in [0.1, 0.15) is 22.8 Å². The average molecular weight is 381 g/mol. The Morgan fingerprint density at radius 2 is 2.11 bits per heavy atom. The summed E-state index contributed by atoms with van der Waals surface area (Å²) in [5, 5.41) is 17.3. The largest absolute Gasteiger partial charge is 0.398 e. The van der Waals surface area contributed by atoms with Crippen molar-refractivity contribution in [3.05, 3.63) is 53.3 Å². The topological polar surface area (TPSA) is 122 Å². The highest BCUT2D eigenvalue weighted by molar-refractivity contribution is 5.94. The number of benzene rings is 2. The lowest BCUT2D eigenvalue weighted by atomic mass is 10.1. The number of nitrogen functional groups attached to an aromatic ring is 1. The maximum absolute atomic E-state index is 14.5. The van der Waals surface area contributed by atoms with Crippen molar-refractivity contribution in [2.24, 2.45) is 7.05 Å². The van der Waals surface area contributed by atoms with Gasteiger partial charge in [0.25, 0.3) is 5.91 Å². The minimum Gasteiger partial charge on any atom is -0.398 e. The molecule has 0 radical (unpaired) electrons. The fraction of sp³-hybridized carbons (Fsp3) is 0.158. The molecule has 5 N–H and O–H groups in total. The van der Waals surface area contributed by atoms with Gasteiger partial charge in [-0.3, -0.25) is 4.79 Å². The average Bonchev–Trinajstić information content (AvgIpc) is 3.03. The van der Waals surface area contributed by atoms with E-state index in [4.69, 9.17) is 11.1 Å². The first-order valence-electron chi connectivity index (χ1n) is 8.59. The van der Waals surface area contributed by atoms with Crippen molar-refractivity contribution in [1.29, 1.82) is 5.41 Å². The summed E-state index contributed by atoms with van der Waals surface area (Å²) in [4.78, 5) is 16.2. The number of nitrogens with zero attached hydrogens (tertiary/aromatic N) is 3. The molecule has 0 aliphatic rings. The third-order valence-electron chi connectivity index (χ3n) is 4.07. The third-order valence-corrected chi connectivity index (χ3v) is 4.07. The molecule has 3 aromatic rings. The Balaban J connectivity index is 1.88. The predicted octanol–water partition coefficient (Wildman–Crippen LogP) is 2.69. The van der Waals surface area contributed by atoms with Gasteiger partial charge in [-0.15, -0.1) is 5.10 Å². The summed E-state index contributed by atoms with van der Waals surface area (Å²) in [6.07, 6.45) is 1.16. The molecule has 0 fully saturated rings. The summed E-state index contributed by atoms with van der Waals surface area (Å²) in [6, 6.07) is 9.31. The Kier molecular flexibility index (Phi) is 5.35. The van der Waals surface area contributed by atoms with Crippen molar-refractivity contribution in [1.82, 2.24) is 20.1 Å². The van der Waals surface area contributed by atoms with E-state index in [1.54, 1.807) is 32.2 Å². The van der Waals surface area contributed by atoms with E-state index >= 15 is 0 Å². The first-order valence-corrected chi connectivity index (χ1v) is 8.59. The number of rotatable bonds is 6. The van der Waals surface area contributed by atoms with Crippen LogP contribution in [0.25, 0.3) is 11.4 Å². The number of aryl methyl sites for hydroxylation is 1. The van der Waals surface area contributed by atoms with E-state index < -0.39 is 5.82 Å². The van der Waals surface area contributed by atoms with E-state index in [9.17, 15) is 9.18 Å². The minimum absolute atomic E-state index is 0.188. The van der Waals surface area contributed by atoms with Crippen molar-refractivity contribution in [3.8, 4) is 11.4 Å². The monoisotopic (exact) mass is 381 g/mol. The van der Waals surface area contributed by atoms with Crippen LogP contribution in [0.2, 0.25) is 0 Å². The van der Waals surface area contributed by atoms with Crippen LogP contribution >= 0.6 is 0 Å². The molecule has 28 heavy (non-hydrogen) atoms. The number of nitrogens with two attached hydrogens (primary N) is 1. The van der Waals surface area contributed by atoms with E-state index in [-0.39, 0.29) is 22.9 Å². The molecule has 0 saturated heterocycles. The number of hydrogen-bond donors (Lipinski definition) is 4. The van der Waals surface area contributed by atoms with Crippen molar-refractivity contribution >= 4 is 29.4 Å². The van der Waals surface area contributed by atoms with Gasteiger partial charge < -0.3 is 21.8 Å². The third kappa shape index (κ3) is 3.83. The first kappa shape index (κ1) is 19.0. The second-order valence-corrected chi connectivity index (χ2v) is 6.05. The van der Waals surface area contributed by atoms with Crippen LogP contribution in [0.3, 0.4) is 0 Å². The maximum atomic E-state index is 14.5. The number of hydrogen-bond acceptors (Lipinski definition) is 6. The molecule has 144 valence electrons. The summed E-state index contributed by atoms with van der Waals surface area (Å²) < 4.78 is 16.0. The number of aromatic nitrogens is 3. The number of amides is 1. The standard InChI is InChI=1S/C19H20FN7O/c1-3-23-18(28)11-4-6-14(15(20)9-11)17-25-19(27(2)26-17)24-13-5-7-16(22)12(8-13)10-21/h4-10,21H,3,22H2,1-2H3,(H,23,28)(H,24,25,26). The Hall–Kier alpha value is -3.75. The number of carbonyl (C=O) groups is 1. The van der Waals surface area contributed by atoms with Gasteiger partial charge in [0.15, 0.2) is 5.82 Å². The second-order valence-electron chi connectivity index (χ2n) is 6.05. The van der Waals surface area contributed by atoms with Crippen molar-refractivity contribution < 1.29 is 9.18 Å². The second kappa shape index (κ2) is 7.87. The molecule has 1 heterocycles. The fourth-order valence-corrected chi connectivity index (χ4v) is 2.61. The first-order chi connectivity index (χ1) is 13.4. The van der Waals surface area contributed by atoms with Gasteiger partial charge in [0.05, 0.1) is 5.56 Å². The van der Waals surface area contributed by atoms with Crippen LogP contribution in [-0.2, 0) is 7.05 Å². The van der Waals surface area contributed by atoms with Crippen LogP contribution in [0.15, 0.2) is 36.4 Å². The summed E-state index contributed by atoms with van der Waals surface area (Å²) in [6.45, 7) is 2.25. The van der Waals surface area contributed by atoms with Crippen LogP contribution in [0.4, 0.5) is 21.7 Å². The van der Waals surface area contributed by atoms with Crippen LogP contribution in [-0.4, -0.2) is 33.4 Å². The van der Waals surface area contributed by atoms with Gasteiger partial charge in [0.2, 0.25) is 5.95 Å². The molecule has 8 nitrogen and oxygen atoms in total. The number of carbonyl (C=O) groups excluding carboxylic acids is 1. The normalized spacial score (nSPS) is 10.5. The summed E-state index contributed by atoms with van der Waals surface area (Å²) in [7, 11) is 1.68. The molecule has 0 aliphatic heterocycles. The zero-order valence-corrected chi connectivity index (χ0v) is 15.5. The van der Waals surface area contributed by atoms with E-state index in [2.05, 4.69) is 20.7 Å². The highest BCUT2D eigenvalue weighted by atomic mass is 19.1. The number of halogens is 1. The fourth-order valence-electron chi connectivity index (χ4n) is 2.61. The Morgan fingerprint density at radius 3 is 2.79 bits per heavy atom. The summed E-state index contributed by atoms with van der Waals surface area (Å²) >= 11 is 0. The quantitative estimate of drug-likeness (QED) is 0.386. The van der Waals surface area contributed by atoms with Gasteiger partial charge in [-0.25, -0.2) is 9.07 Å². The molecular weight excluding hydrogens is 361 g/mol. The lowest BCUT2D eigenvalue weighted by Gasteiger charge is -2.07. The summed E-state index contributed by atoms with van der Waals surface area (Å²) in [5.41, 5.74) is 7.94. The van der Waals surface area contributed by atoms with Gasteiger partial charge in [-0.2, -0.15) is 4.98 Å². The maximum Gasteiger partial charge on any atom is 0.251 e. The molecule has 0 saturated carbocycles. The molecule has 1 amide bonds. The van der Waals surface area contributed by atoms with Crippen molar-refractivity contribution in [3.63, 3.8) is 0 Å². The smallest absolute Gasteiger partial charge is 0.251 e. The van der Waals surface area contributed by atoms with E-state index in [0.717, 1.165) is 6.21 Å². The number of nitrogens with one attached hydrogen (secondary N) is 3. The lowest BCUT2D eigenvalue weighted by Crippen LogP contribution is -2.22.